The SMILES string of the molecule is CN(C(=O)OC(C)(C)C)C(Cc1cc(I)ccc1OCc1ccccc1)C(=O)O. The van der Waals surface area contributed by atoms with Gasteiger partial charge in [0, 0.05) is 17.0 Å². The molecule has 29 heavy (non-hydrogen) atoms. The highest BCUT2D eigenvalue weighted by Crippen LogP contribution is 2.25. The molecule has 1 N–H and O–H groups in total. The highest BCUT2D eigenvalue weighted by molar-refractivity contribution is 14.1. The van der Waals surface area contributed by atoms with Crippen LogP contribution in [-0.4, -0.2) is 40.8 Å². The molecule has 1 amide bonds. The average molecular weight is 511 g/mol. The Hall–Kier alpha value is -2.29. The van der Waals surface area contributed by atoms with E-state index in [2.05, 4.69) is 22.6 Å². The topological polar surface area (TPSA) is 76.1 Å². The van der Waals surface area contributed by atoms with Crippen LogP contribution in [0.5, 0.6) is 5.75 Å². The fourth-order valence-corrected chi connectivity index (χ4v) is 3.20. The molecule has 7 heteroatoms. The van der Waals surface area contributed by atoms with Crippen LogP contribution in [0.2, 0.25) is 0 Å². The first-order valence-electron chi connectivity index (χ1n) is 9.20. The van der Waals surface area contributed by atoms with E-state index in [1.165, 1.54) is 7.05 Å². The van der Waals surface area contributed by atoms with Crippen molar-refractivity contribution in [2.75, 3.05) is 7.05 Å². The number of carbonyl (C=O) groups is 2. The lowest BCUT2D eigenvalue weighted by Gasteiger charge is -2.29. The van der Waals surface area contributed by atoms with Crippen molar-refractivity contribution in [3.63, 3.8) is 0 Å². The van der Waals surface area contributed by atoms with Gasteiger partial charge < -0.3 is 14.6 Å². The van der Waals surface area contributed by atoms with Gasteiger partial charge in [0.15, 0.2) is 0 Å². The fraction of sp³-hybridized carbons (Fsp3) is 0.364. The zero-order valence-electron chi connectivity index (χ0n) is 17.0. The van der Waals surface area contributed by atoms with E-state index in [1.807, 2.05) is 48.5 Å². The monoisotopic (exact) mass is 511 g/mol. The third-order valence-electron chi connectivity index (χ3n) is 4.11. The lowest BCUT2D eigenvalue weighted by atomic mass is 10.0. The second-order valence-electron chi connectivity index (χ2n) is 7.68. The highest BCUT2D eigenvalue weighted by Gasteiger charge is 2.31. The molecule has 2 aromatic carbocycles. The first kappa shape index (κ1) is 23.0. The van der Waals surface area contributed by atoms with Crippen LogP contribution in [0, 0.1) is 3.57 Å². The van der Waals surface area contributed by atoms with Crippen LogP contribution in [0.15, 0.2) is 48.5 Å². The van der Waals surface area contributed by atoms with Crippen molar-refractivity contribution in [3.8, 4) is 5.75 Å². The number of amides is 1. The maximum absolute atomic E-state index is 12.4. The first-order chi connectivity index (χ1) is 13.6. The Bertz CT molecular complexity index is 848. The highest BCUT2D eigenvalue weighted by atomic mass is 127. The summed E-state index contributed by atoms with van der Waals surface area (Å²) in [5.74, 6) is -0.510. The summed E-state index contributed by atoms with van der Waals surface area (Å²) in [7, 11) is 1.44. The van der Waals surface area contributed by atoms with Crippen molar-refractivity contribution >= 4 is 34.7 Å². The molecular formula is C22H26INO5. The lowest BCUT2D eigenvalue weighted by molar-refractivity contribution is -0.142. The van der Waals surface area contributed by atoms with Crippen molar-refractivity contribution in [2.24, 2.45) is 0 Å². The van der Waals surface area contributed by atoms with Crippen LogP contribution in [0.25, 0.3) is 0 Å². The standard InChI is InChI=1S/C22H26INO5/c1-22(2,3)29-21(27)24(4)18(20(25)26)13-16-12-17(23)10-11-19(16)28-14-15-8-6-5-7-9-15/h5-12,18H,13-14H2,1-4H3,(H,25,26). The number of carboxylic acids is 1. The largest absolute Gasteiger partial charge is 0.489 e. The van der Waals surface area contributed by atoms with E-state index in [9.17, 15) is 14.7 Å². The summed E-state index contributed by atoms with van der Waals surface area (Å²) in [6.45, 7) is 5.59. The predicted molar refractivity (Wildman–Crippen MR) is 119 cm³/mol. The van der Waals surface area contributed by atoms with E-state index in [4.69, 9.17) is 9.47 Å². The van der Waals surface area contributed by atoms with E-state index in [0.29, 0.717) is 12.4 Å². The second kappa shape index (κ2) is 9.96. The van der Waals surface area contributed by atoms with Gasteiger partial charge in [-0.25, -0.2) is 9.59 Å². The third-order valence-corrected chi connectivity index (χ3v) is 4.78. The number of halogens is 1. The Balaban J connectivity index is 2.21. The normalized spacial score (nSPS) is 12.2. The number of carboxylic acid groups (broad SMARTS) is 1. The Morgan fingerprint density at radius 3 is 2.38 bits per heavy atom. The summed E-state index contributed by atoms with van der Waals surface area (Å²) < 4.78 is 12.2. The minimum atomic E-state index is -1.11. The van der Waals surface area contributed by atoms with Crippen LogP contribution in [0.4, 0.5) is 4.79 Å². The number of nitrogens with zero attached hydrogens (tertiary/aromatic N) is 1. The Labute approximate surface area is 185 Å². The molecule has 0 saturated heterocycles. The summed E-state index contributed by atoms with van der Waals surface area (Å²) in [5, 5.41) is 9.73. The Kier molecular flexibility index (Phi) is 7.89. The molecule has 2 rings (SSSR count). The van der Waals surface area contributed by atoms with E-state index < -0.39 is 23.7 Å². The minimum Gasteiger partial charge on any atom is -0.489 e. The van der Waals surface area contributed by atoms with E-state index in [0.717, 1.165) is 19.6 Å². The number of rotatable bonds is 7. The molecule has 0 spiro atoms. The zero-order chi connectivity index (χ0) is 21.6. The van der Waals surface area contributed by atoms with E-state index in [-0.39, 0.29) is 6.42 Å². The van der Waals surface area contributed by atoms with Crippen LogP contribution < -0.4 is 4.74 Å². The Morgan fingerprint density at radius 2 is 1.79 bits per heavy atom. The minimum absolute atomic E-state index is 0.103. The van der Waals surface area contributed by atoms with Gasteiger partial charge in [0.1, 0.15) is 24.0 Å². The zero-order valence-corrected chi connectivity index (χ0v) is 19.2. The van der Waals surface area contributed by atoms with Crippen molar-refractivity contribution in [3.05, 3.63) is 63.2 Å². The molecule has 0 aliphatic carbocycles. The van der Waals surface area contributed by atoms with E-state index in [1.54, 1.807) is 20.8 Å². The van der Waals surface area contributed by atoms with Gasteiger partial charge >= 0.3 is 12.1 Å². The Morgan fingerprint density at radius 1 is 1.14 bits per heavy atom. The quantitative estimate of drug-likeness (QED) is 0.544. The van der Waals surface area contributed by atoms with Gasteiger partial charge in [-0.2, -0.15) is 0 Å². The van der Waals surface area contributed by atoms with E-state index >= 15 is 0 Å². The number of aliphatic carboxylic acids is 1. The number of hydrogen-bond donors (Lipinski definition) is 1. The smallest absolute Gasteiger partial charge is 0.410 e. The van der Waals surface area contributed by atoms with Gasteiger partial charge in [-0.15, -0.1) is 0 Å². The molecule has 0 fully saturated rings. The van der Waals surface area contributed by atoms with Crippen molar-refractivity contribution in [1.29, 1.82) is 0 Å². The average Bonchev–Trinajstić information content (AvgIpc) is 2.64. The van der Waals surface area contributed by atoms with Gasteiger partial charge in [-0.05, 0) is 72.7 Å². The molecule has 0 aliphatic rings. The van der Waals surface area contributed by atoms with Gasteiger partial charge in [0.2, 0.25) is 0 Å². The maximum Gasteiger partial charge on any atom is 0.410 e. The van der Waals surface area contributed by atoms with Gasteiger partial charge in [0.05, 0.1) is 0 Å². The number of hydrogen-bond acceptors (Lipinski definition) is 4. The summed E-state index contributed by atoms with van der Waals surface area (Å²) in [6, 6.07) is 14.2. The summed E-state index contributed by atoms with van der Waals surface area (Å²) >= 11 is 2.17. The molecule has 0 heterocycles. The lowest BCUT2D eigenvalue weighted by Crippen LogP contribution is -2.46. The summed E-state index contributed by atoms with van der Waals surface area (Å²) in [4.78, 5) is 25.4. The molecule has 0 bridgehead atoms. The second-order valence-corrected chi connectivity index (χ2v) is 8.92. The van der Waals surface area contributed by atoms with Crippen LogP contribution >= 0.6 is 22.6 Å². The fourth-order valence-electron chi connectivity index (χ4n) is 2.64. The third kappa shape index (κ3) is 7.23. The van der Waals surface area contributed by atoms with Gasteiger partial charge in [-0.3, -0.25) is 4.90 Å². The van der Waals surface area contributed by atoms with Crippen molar-refractivity contribution in [2.45, 2.75) is 45.4 Å². The predicted octanol–water partition coefficient (Wildman–Crippen LogP) is 4.73. The number of likely N-dealkylation sites (N-methyl/N-ethyl adjacent to an activating group) is 1. The molecule has 0 aliphatic heterocycles. The van der Waals surface area contributed by atoms with Crippen LogP contribution in [0.3, 0.4) is 0 Å². The molecule has 0 aromatic heterocycles. The van der Waals surface area contributed by atoms with Crippen molar-refractivity contribution in [1.82, 2.24) is 4.90 Å². The molecule has 2 aromatic rings. The summed E-state index contributed by atoms with van der Waals surface area (Å²) in [5.41, 5.74) is 1.02. The number of carbonyl (C=O) groups excluding carboxylic acids is 1. The van der Waals surface area contributed by atoms with Gasteiger partial charge in [0.25, 0.3) is 0 Å². The molecular weight excluding hydrogens is 485 g/mol. The first-order valence-corrected chi connectivity index (χ1v) is 10.3. The summed E-state index contributed by atoms with van der Waals surface area (Å²) in [6.07, 6.45) is -0.575. The molecule has 0 radical (unpaired) electrons. The van der Waals surface area contributed by atoms with Crippen molar-refractivity contribution < 1.29 is 24.2 Å². The molecule has 1 unspecified atom stereocenters. The molecule has 6 nitrogen and oxygen atoms in total. The maximum atomic E-state index is 12.4. The molecule has 1 atom stereocenters. The number of ether oxygens (including phenoxy) is 2. The van der Waals surface area contributed by atoms with Gasteiger partial charge in [-0.1, -0.05) is 30.3 Å². The molecule has 0 saturated carbocycles. The molecule has 156 valence electrons. The van der Waals surface area contributed by atoms with Crippen LogP contribution in [-0.2, 0) is 22.6 Å². The number of benzene rings is 2. The van der Waals surface area contributed by atoms with Crippen LogP contribution in [0.1, 0.15) is 31.9 Å².